The van der Waals surface area contributed by atoms with Gasteiger partial charge in [0.1, 0.15) is 12.0 Å². The molecule has 2 saturated heterocycles. The van der Waals surface area contributed by atoms with E-state index in [0.29, 0.717) is 16.9 Å². The molecule has 2 aliphatic heterocycles. The van der Waals surface area contributed by atoms with Gasteiger partial charge in [0.05, 0.1) is 18.5 Å². The highest BCUT2D eigenvalue weighted by Crippen LogP contribution is 2.50. The van der Waals surface area contributed by atoms with Gasteiger partial charge in [0.25, 0.3) is 5.91 Å². The molecule has 5 rings (SSSR count). The molecule has 2 heterocycles. The largest absolute Gasteiger partial charge is 0.504 e. The van der Waals surface area contributed by atoms with Crippen molar-refractivity contribution in [1.82, 2.24) is 0 Å². The Morgan fingerprint density at radius 3 is 2.34 bits per heavy atom. The van der Waals surface area contributed by atoms with Gasteiger partial charge in [-0.25, -0.2) is 9.96 Å². The molecule has 3 atom stereocenters. The molecule has 0 bridgehead atoms. The van der Waals surface area contributed by atoms with Crippen LogP contribution in [-0.2, 0) is 14.4 Å². The first-order valence-corrected chi connectivity index (χ1v) is 10.3. The van der Waals surface area contributed by atoms with Crippen LogP contribution in [0.4, 0.5) is 11.4 Å². The number of amides is 2. The SMILES string of the molecule is COc1cccc(C2C3C(=O)N(c4ccccc4C)C(=O)C3ON2c2ccccc2)c1O. The molecule has 0 spiro atoms. The Balaban J connectivity index is 1.64. The zero-order valence-electron chi connectivity index (χ0n) is 17.6. The van der Waals surface area contributed by atoms with Gasteiger partial charge >= 0.3 is 0 Å². The van der Waals surface area contributed by atoms with Gasteiger partial charge < -0.3 is 9.84 Å². The van der Waals surface area contributed by atoms with Gasteiger partial charge in [-0.15, -0.1) is 0 Å². The number of para-hydroxylation sites is 3. The minimum Gasteiger partial charge on any atom is -0.504 e. The number of hydrogen-bond donors (Lipinski definition) is 1. The Hall–Kier alpha value is -3.84. The lowest BCUT2D eigenvalue weighted by Gasteiger charge is -2.29. The third kappa shape index (κ3) is 2.93. The highest BCUT2D eigenvalue weighted by atomic mass is 16.7. The van der Waals surface area contributed by atoms with Crippen LogP contribution in [0.3, 0.4) is 0 Å². The molecule has 2 aliphatic rings. The number of anilines is 2. The molecule has 32 heavy (non-hydrogen) atoms. The van der Waals surface area contributed by atoms with Crippen molar-refractivity contribution in [2.45, 2.75) is 19.1 Å². The Morgan fingerprint density at radius 2 is 1.62 bits per heavy atom. The lowest BCUT2D eigenvalue weighted by molar-refractivity contribution is -0.126. The molecule has 7 heteroatoms. The first-order valence-electron chi connectivity index (χ1n) is 10.3. The third-order valence-corrected chi connectivity index (χ3v) is 6.05. The predicted octanol–water partition coefficient (Wildman–Crippen LogP) is 3.76. The number of hydrogen-bond acceptors (Lipinski definition) is 6. The molecule has 2 fully saturated rings. The number of benzene rings is 3. The van der Waals surface area contributed by atoms with Crippen LogP contribution in [0.5, 0.6) is 11.5 Å². The van der Waals surface area contributed by atoms with Crippen molar-refractivity contribution in [1.29, 1.82) is 0 Å². The summed E-state index contributed by atoms with van der Waals surface area (Å²) in [7, 11) is 1.46. The van der Waals surface area contributed by atoms with E-state index in [1.54, 1.807) is 35.4 Å². The van der Waals surface area contributed by atoms with Gasteiger partial charge in [-0.3, -0.25) is 14.4 Å². The van der Waals surface area contributed by atoms with E-state index in [4.69, 9.17) is 9.57 Å². The van der Waals surface area contributed by atoms with Crippen LogP contribution in [0.15, 0.2) is 72.8 Å². The van der Waals surface area contributed by atoms with Gasteiger partial charge in [0.2, 0.25) is 5.91 Å². The fraction of sp³-hybridized carbons (Fsp3) is 0.200. The van der Waals surface area contributed by atoms with E-state index in [-0.39, 0.29) is 17.4 Å². The van der Waals surface area contributed by atoms with Gasteiger partial charge in [-0.05, 0) is 36.8 Å². The maximum atomic E-state index is 13.7. The number of aryl methyl sites for hydroxylation is 1. The summed E-state index contributed by atoms with van der Waals surface area (Å²) in [6.45, 7) is 1.85. The fourth-order valence-electron chi connectivity index (χ4n) is 4.52. The molecule has 0 radical (unpaired) electrons. The van der Waals surface area contributed by atoms with E-state index in [0.717, 1.165) is 5.56 Å². The minimum atomic E-state index is -1.00. The molecule has 2 amide bonds. The molecule has 0 aliphatic carbocycles. The fourth-order valence-corrected chi connectivity index (χ4v) is 4.52. The molecule has 7 nitrogen and oxygen atoms in total. The highest BCUT2D eigenvalue weighted by Gasteiger charge is 2.61. The zero-order chi connectivity index (χ0) is 22.4. The van der Waals surface area contributed by atoms with Crippen LogP contribution in [0.1, 0.15) is 17.2 Å². The summed E-state index contributed by atoms with van der Waals surface area (Å²) in [5.74, 6) is -1.41. The molecule has 3 unspecified atom stereocenters. The average Bonchev–Trinajstić information content (AvgIpc) is 3.31. The van der Waals surface area contributed by atoms with Crippen molar-refractivity contribution in [3.05, 3.63) is 83.9 Å². The van der Waals surface area contributed by atoms with Gasteiger partial charge in [0, 0.05) is 5.56 Å². The quantitative estimate of drug-likeness (QED) is 0.635. The molecule has 0 saturated carbocycles. The van der Waals surface area contributed by atoms with Crippen molar-refractivity contribution in [3.63, 3.8) is 0 Å². The normalized spacial score (nSPS) is 22.4. The monoisotopic (exact) mass is 430 g/mol. The Labute approximate surface area is 185 Å². The van der Waals surface area contributed by atoms with Crippen molar-refractivity contribution >= 4 is 23.2 Å². The van der Waals surface area contributed by atoms with Crippen LogP contribution in [0.25, 0.3) is 0 Å². The second kappa shape index (κ2) is 7.69. The van der Waals surface area contributed by atoms with Gasteiger partial charge in [-0.2, -0.15) is 0 Å². The molecule has 0 aromatic heterocycles. The summed E-state index contributed by atoms with van der Waals surface area (Å²) in [5.41, 5.74) is 2.49. The van der Waals surface area contributed by atoms with E-state index in [9.17, 15) is 14.7 Å². The average molecular weight is 430 g/mol. The van der Waals surface area contributed by atoms with Gasteiger partial charge in [0.15, 0.2) is 17.6 Å². The first kappa shape index (κ1) is 20.1. The molecular formula is C25H22N2O5. The van der Waals surface area contributed by atoms with Crippen LogP contribution in [0.2, 0.25) is 0 Å². The van der Waals surface area contributed by atoms with Crippen molar-refractivity contribution < 1.29 is 24.3 Å². The number of carbonyl (C=O) groups excluding carboxylic acids is 2. The van der Waals surface area contributed by atoms with E-state index in [2.05, 4.69) is 0 Å². The number of rotatable bonds is 4. The predicted molar refractivity (Wildman–Crippen MR) is 118 cm³/mol. The summed E-state index contributed by atoms with van der Waals surface area (Å²) in [6, 6.07) is 20.9. The number of carbonyl (C=O) groups is 2. The summed E-state index contributed by atoms with van der Waals surface area (Å²) in [4.78, 5) is 34.4. The standard InChI is InChI=1S/C25H22N2O5/c1-15-9-6-7-13-18(15)26-24(29)20-21(17-12-8-14-19(31-2)22(17)28)27(32-23(20)25(26)30)16-10-4-3-5-11-16/h3-14,20-21,23,28H,1-2H3. The highest BCUT2D eigenvalue weighted by molar-refractivity contribution is 6.24. The first-order chi connectivity index (χ1) is 15.5. The molecule has 3 aromatic rings. The second-order valence-corrected chi connectivity index (χ2v) is 7.85. The number of phenols is 1. The molecule has 162 valence electrons. The summed E-state index contributed by atoms with van der Waals surface area (Å²) in [5, 5.41) is 12.4. The van der Waals surface area contributed by atoms with Crippen molar-refractivity contribution in [3.8, 4) is 11.5 Å². The number of phenolic OH excluding ortho intramolecular Hbond substituents is 1. The van der Waals surface area contributed by atoms with E-state index in [1.807, 2.05) is 49.4 Å². The second-order valence-electron chi connectivity index (χ2n) is 7.85. The zero-order valence-corrected chi connectivity index (χ0v) is 17.6. The van der Waals surface area contributed by atoms with Crippen LogP contribution < -0.4 is 14.7 Å². The van der Waals surface area contributed by atoms with E-state index in [1.165, 1.54) is 12.0 Å². The Morgan fingerprint density at radius 1 is 0.906 bits per heavy atom. The number of fused-ring (bicyclic) bond motifs is 1. The number of methoxy groups -OCH3 is 1. The minimum absolute atomic E-state index is 0.0835. The maximum absolute atomic E-state index is 13.7. The number of ether oxygens (including phenoxy) is 1. The third-order valence-electron chi connectivity index (χ3n) is 6.05. The summed E-state index contributed by atoms with van der Waals surface area (Å²) >= 11 is 0. The van der Waals surface area contributed by atoms with Crippen LogP contribution >= 0.6 is 0 Å². The van der Waals surface area contributed by atoms with Crippen LogP contribution in [-0.4, -0.2) is 30.1 Å². The van der Waals surface area contributed by atoms with E-state index < -0.39 is 24.0 Å². The Kier molecular flexibility index (Phi) is 4.83. The number of imide groups is 1. The lowest BCUT2D eigenvalue weighted by Crippen LogP contribution is -2.37. The number of hydroxylamine groups is 1. The number of aromatic hydroxyl groups is 1. The van der Waals surface area contributed by atoms with Crippen LogP contribution in [0, 0.1) is 12.8 Å². The van der Waals surface area contributed by atoms with E-state index >= 15 is 0 Å². The Bertz CT molecular complexity index is 1200. The lowest BCUT2D eigenvalue weighted by atomic mass is 9.90. The van der Waals surface area contributed by atoms with Crippen molar-refractivity contribution in [2.24, 2.45) is 5.92 Å². The topological polar surface area (TPSA) is 79.3 Å². The summed E-state index contributed by atoms with van der Waals surface area (Å²) < 4.78 is 5.28. The molecular weight excluding hydrogens is 408 g/mol. The van der Waals surface area contributed by atoms with Crippen molar-refractivity contribution in [2.75, 3.05) is 17.1 Å². The molecule has 3 aromatic carbocycles. The maximum Gasteiger partial charge on any atom is 0.266 e. The summed E-state index contributed by atoms with van der Waals surface area (Å²) in [6.07, 6.45) is -1.00. The van der Waals surface area contributed by atoms with Gasteiger partial charge in [-0.1, -0.05) is 48.5 Å². The smallest absolute Gasteiger partial charge is 0.266 e. The molecule has 1 N–H and O–H groups in total. The number of nitrogens with zero attached hydrogens (tertiary/aromatic N) is 2.